The van der Waals surface area contributed by atoms with E-state index in [1.165, 1.54) is 0 Å². The zero-order valence-corrected chi connectivity index (χ0v) is 16.5. The molecule has 1 saturated heterocycles. The summed E-state index contributed by atoms with van der Waals surface area (Å²) in [6.07, 6.45) is 1.57. The number of anilines is 1. The van der Waals surface area contributed by atoms with Crippen LogP contribution in [0.2, 0.25) is 0 Å². The Morgan fingerprint density at radius 2 is 2.08 bits per heavy atom. The van der Waals surface area contributed by atoms with Gasteiger partial charge in [-0.15, -0.1) is 11.3 Å². The summed E-state index contributed by atoms with van der Waals surface area (Å²) in [6, 6.07) is 3.41. The minimum Gasteiger partial charge on any atom is -0.367 e. The van der Waals surface area contributed by atoms with Gasteiger partial charge in [-0.2, -0.15) is 0 Å². The topological polar surface area (TPSA) is 72.4 Å². The Morgan fingerprint density at radius 3 is 2.64 bits per heavy atom. The Morgan fingerprint density at radius 1 is 1.32 bits per heavy atom. The van der Waals surface area contributed by atoms with Gasteiger partial charge in [-0.25, -0.2) is 18.4 Å². The van der Waals surface area contributed by atoms with E-state index in [0.717, 1.165) is 22.9 Å². The summed E-state index contributed by atoms with van der Waals surface area (Å²) in [6.45, 7) is 9.04. The van der Waals surface area contributed by atoms with Crippen LogP contribution in [0.15, 0.2) is 28.7 Å². The van der Waals surface area contributed by atoms with Crippen molar-refractivity contribution in [3.8, 4) is 0 Å². The quantitative estimate of drug-likeness (QED) is 0.814. The molecule has 1 fully saturated rings. The Bertz CT molecular complexity index is 839. The Balaban J connectivity index is 1.78. The van der Waals surface area contributed by atoms with Gasteiger partial charge in [0.25, 0.3) is 0 Å². The lowest BCUT2D eigenvalue weighted by Gasteiger charge is -2.33. The van der Waals surface area contributed by atoms with Gasteiger partial charge in [0.15, 0.2) is 14.9 Å². The van der Waals surface area contributed by atoms with Crippen molar-refractivity contribution in [2.45, 2.75) is 43.6 Å². The van der Waals surface area contributed by atoms with Gasteiger partial charge >= 0.3 is 0 Å². The van der Waals surface area contributed by atoms with Gasteiger partial charge in [0, 0.05) is 17.6 Å². The van der Waals surface area contributed by atoms with E-state index in [9.17, 15) is 8.42 Å². The normalized spacial score (nSPS) is 19.2. The predicted molar refractivity (Wildman–Crippen MR) is 98.9 cm³/mol. The molecule has 0 spiro atoms. The van der Waals surface area contributed by atoms with Gasteiger partial charge in [0.05, 0.1) is 29.8 Å². The zero-order valence-electron chi connectivity index (χ0n) is 14.9. The molecule has 6 nitrogen and oxygen atoms in total. The van der Waals surface area contributed by atoms with Crippen LogP contribution in [-0.4, -0.2) is 42.8 Å². The maximum absolute atomic E-state index is 12.5. The van der Waals surface area contributed by atoms with Gasteiger partial charge < -0.3 is 9.64 Å². The number of hydrogen-bond acceptors (Lipinski definition) is 7. The van der Waals surface area contributed by atoms with E-state index in [4.69, 9.17) is 4.74 Å². The number of hydrogen-bond donors (Lipinski definition) is 0. The summed E-state index contributed by atoms with van der Waals surface area (Å²) in [4.78, 5) is 10.9. The van der Waals surface area contributed by atoms with Crippen LogP contribution in [0.25, 0.3) is 0 Å². The molecular weight excluding hydrogens is 358 g/mol. The fourth-order valence-corrected chi connectivity index (χ4v) is 4.49. The van der Waals surface area contributed by atoms with E-state index in [0.29, 0.717) is 13.2 Å². The first-order chi connectivity index (χ1) is 11.7. The summed E-state index contributed by atoms with van der Waals surface area (Å²) in [5.74, 6) is 0. The van der Waals surface area contributed by atoms with E-state index in [-0.39, 0.29) is 11.1 Å². The highest BCUT2D eigenvalue weighted by molar-refractivity contribution is 7.92. The number of aromatic nitrogens is 2. The molecule has 1 atom stereocenters. The van der Waals surface area contributed by atoms with Crippen molar-refractivity contribution >= 4 is 26.9 Å². The Labute approximate surface area is 152 Å². The lowest BCUT2D eigenvalue weighted by atomic mass is 10.2. The summed E-state index contributed by atoms with van der Waals surface area (Å²) < 4.78 is 29.9. The number of pyridine rings is 1. The van der Waals surface area contributed by atoms with Crippen LogP contribution < -0.4 is 4.90 Å². The standard InChI is InChI=1S/C17H23N3O3S2/c1-12-11-24-16(19-12)14-10-20(7-8-23-14)13-5-6-15(18-9-13)25(21,22)17(2,3)4/h5-6,9,11,14H,7-8,10H2,1-4H3. The highest BCUT2D eigenvalue weighted by atomic mass is 32.2. The number of ether oxygens (including phenoxy) is 1. The zero-order chi connectivity index (χ0) is 18.2. The molecule has 3 heterocycles. The van der Waals surface area contributed by atoms with Crippen molar-refractivity contribution in [3.63, 3.8) is 0 Å². The molecule has 0 radical (unpaired) electrons. The minimum absolute atomic E-state index is 0.0644. The molecule has 0 N–H and O–H groups in total. The second kappa shape index (κ2) is 6.66. The predicted octanol–water partition coefficient (Wildman–Crippen LogP) is 3.00. The molecule has 0 saturated carbocycles. The molecule has 1 aliphatic heterocycles. The maximum Gasteiger partial charge on any atom is 0.200 e. The van der Waals surface area contributed by atoms with Gasteiger partial charge in [-0.1, -0.05) is 0 Å². The first-order valence-electron chi connectivity index (χ1n) is 8.18. The van der Waals surface area contributed by atoms with Crippen LogP contribution in [-0.2, 0) is 14.6 Å². The van der Waals surface area contributed by atoms with Crippen molar-refractivity contribution in [1.82, 2.24) is 9.97 Å². The van der Waals surface area contributed by atoms with Crippen molar-refractivity contribution in [3.05, 3.63) is 34.4 Å². The number of rotatable bonds is 3. The first-order valence-corrected chi connectivity index (χ1v) is 10.5. The molecule has 0 bridgehead atoms. The van der Waals surface area contributed by atoms with Crippen LogP contribution in [0.1, 0.15) is 37.6 Å². The van der Waals surface area contributed by atoms with Crippen molar-refractivity contribution < 1.29 is 13.2 Å². The minimum atomic E-state index is -3.44. The van der Waals surface area contributed by atoms with E-state index in [1.54, 1.807) is 44.4 Å². The number of thiazole rings is 1. The molecule has 1 unspecified atom stereocenters. The van der Waals surface area contributed by atoms with E-state index < -0.39 is 14.6 Å². The summed E-state index contributed by atoms with van der Waals surface area (Å²) in [7, 11) is -3.44. The van der Waals surface area contributed by atoms with E-state index in [2.05, 4.69) is 14.9 Å². The van der Waals surface area contributed by atoms with Crippen LogP contribution in [0.5, 0.6) is 0 Å². The third kappa shape index (κ3) is 3.70. The molecular formula is C17H23N3O3S2. The number of morpholine rings is 1. The van der Waals surface area contributed by atoms with Crippen molar-refractivity contribution in [2.24, 2.45) is 0 Å². The molecule has 8 heteroatoms. The molecule has 0 aliphatic carbocycles. The summed E-state index contributed by atoms with van der Waals surface area (Å²) >= 11 is 1.60. The average Bonchev–Trinajstić information content (AvgIpc) is 3.01. The van der Waals surface area contributed by atoms with Gasteiger partial charge in [-0.3, -0.25) is 0 Å². The third-order valence-corrected chi connectivity index (χ3v) is 7.61. The molecule has 2 aromatic heterocycles. The van der Waals surface area contributed by atoms with Gasteiger partial charge in [-0.05, 0) is 39.8 Å². The first kappa shape index (κ1) is 18.3. The van der Waals surface area contributed by atoms with Crippen LogP contribution >= 0.6 is 11.3 Å². The smallest absolute Gasteiger partial charge is 0.200 e. The average molecular weight is 382 g/mol. The van der Waals surface area contributed by atoms with Gasteiger partial charge in [0.1, 0.15) is 11.1 Å². The molecule has 136 valence electrons. The molecule has 2 aromatic rings. The largest absolute Gasteiger partial charge is 0.367 e. The molecule has 0 amide bonds. The molecule has 25 heavy (non-hydrogen) atoms. The molecule has 0 aromatic carbocycles. The highest BCUT2D eigenvalue weighted by Gasteiger charge is 2.32. The Hall–Kier alpha value is -1.51. The number of aryl methyl sites for hydroxylation is 1. The van der Waals surface area contributed by atoms with Crippen molar-refractivity contribution in [2.75, 3.05) is 24.6 Å². The third-order valence-electron chi connectivity index (χ3n) is 4.15. The lowest BCUT2D eigenvalue weighted by molar-refractivity contribution is 0.0395. The summed E-state index contributed by atoms with van der Waals surface area (Å²) in [5.41, 5.74) is 1.90. The van der Waals surface area contributed by atoms with E-state index in [1.807, 2.05) is 18.4 Å². The maximum atomic E-state index is 12.5. The van der Waals surface area contributed by atoms with Gasteiger partial charge in [0.2, 0.25) is 0 Å². The SMILES string of the molecule is Cc1csc(C2CN(c3ccc(S(=O)(=O)C(C)(C)C)nc3)CCO2)n1. The van der Waals surface area contributed by atoms with Crippen LogP contribution in [0.3, 0.4) is 0 Å². The number of sulfone groups is 1. The lowest BCUT2D eigenvalue weighted by Crippen LogP contribution is -2.38. The summed E-state index contributed by atoms with van der Waals surface area (Å²) in [5, 5.41) is 3.11. The highest BCUT2D eigenvalue weighted by Crippen LogP contribution is 2.29. The molecule has 3 rings (SSSR count). The monoisotopic (exact) mass is 381 g/mol. The van der Waals surface area contributed by atoms with Crippen LogP contribution in [0, 0.1) is 6.92 Å². The fraction of sp³-hybridized carbons (Fsp3) is 0.529. The second-order valence-corrected chi connectivity index (χ2v) is 10.6. The number of nitrogens with zero attached hydrogens (tertiary/aromatic N) is 3. The second-order valence-electron chi connectivity index (χ2n) is 7.10. The van der Waals surface area contributed by atoms with Crippen LogP contribution in [0.4, 0.5) is 5.69 Å². The van der Waals surface area contributed by atoms with E-state index >= 15 is 0 Å². The van der Waals surface area contributed by atoms with Crippen molar-refractivity contribution in [1.29, 1.82) is 0 Å². The fourth-order valence-electron chi connectivity index (χ4n) is 2.59. The Kier molecular flexibility index (Phi) is 4.87. The molecule has 1 aliphatic rings.